The van der Waals surface area contributed by atoms with Crippen molar-refractivity contribution < 1.29 is 43.0 Å². The summed E-state index contributed by atoms with van der Waals surface area (Å²) in [6.07, 6.45) is -4.50. The highest BCUT2D eigenvalue weighted by molar-refractivity contribution is 5.17. The van der Waals surface area contributed by atoms with E-state index in [1.807, 2.05) is 152 Å². The Morgan fingerprint density at radius 3 is 1.42 bits per heavy atom. The van der Waals surface area contributed by atoms with Gasteiger partial charge in [-0.1, -0.05) is 152 Å². The van der Waals surface area contributed by atoms with Crippen LogP contribution in [-0.2, 0) is 70.9 Å². The molecule has 0 spiro atoms. The lowest BCUT2D eigenvalue weighted by Gasteiger charge is -2.34. The van der Waals surface area contributed by atoms with Gasteiger partial charge >= 0.3 is 0 Å². The lowest BCUT2D eigenvalue weighted by molar-refractivity contribution is -0.219. The van der Waals surface area contributed by atoms with Gasteiger partial charge in [0.25, 0.3) is 0 Å². The number of hydrogen-bond donors (Lipinski definition) is 1. The van der Waals surface area contributed by atoms with Crippen LogP contribution in [0.25, 0.3) is 0 Å². The smallest absolute Gasteiger partial charge is 0.187 e. The van der Waals surface area contributed by atoms with Crippen LogP contribution in [0, 0.1) is 0 Å². The second-order valence-corrected chi connectivity index (χ2v) is 13.5. The largest absolute Gasteiger partial charge is 0.394 e. The van der Waals surface area contributed by atoms with Crippen LogP contribution >= 0.6 is 0 Å². The third-order valence-electron chi connectivity index (χ3n) is 9.46. The van der Waals surface area contributed by atoms with Crippen molar-refractivity contribution in [2.45, 2.75) is 75.9 Å². The van der Waals surface area contributed by atoms with Crippen molar-refractivity contribution in [1.29, 1.82) is 0 Å². The van der Waals surface area contributed by atoms with Crippen LogP contribution in [0.5, 0.6) is 0 Å². The van der Waals surface area contributed by atoms with Gasteiger partial charge in [-0.25, -0.2) is 0 Å². The van der Waals surface area contributed by atoms with Gasteiger partial charge in [0.15, 0.2) is 6.29 Å². The Morgan fingerprint density at radius 2 is 0.945 bits per heavy atom. The van der Waals surface area contributed by atoms with E-state index in [2.05, 4.69) is 0 Å². The van der Waals surface area contributed by atoms with E-state index in [0.717, 1.165) is 27.8 Å². The van der Waals surface area contributed by atoms with Gasteiger partial charge in [0.1, 0.15) is 36.6 Å². The number of hydrogen-bond acceptors (Lipinski definition) is 9. The van der Waals surface area contributed by atoms with Gasteiger partial charge in [-0.2, -0.15) is 0 Å². The molecule has 0 saturated carbocycles. The van der Waals surface area contributed by atoms with E-state index in [4.69, 9.17) is 37.9 Å². The van der Waals surface area contributed by atoms with E-state index in [9.17, 15) is 5.11 Å². The maximum absolute atomic E-state index is 10.8. The van der Waals surface area contributed by atoms with Crippen molar-refractivity contribution in [3.8, 4) is 0 Å². The summed E-state index contributed by atoms with van der Waals surface area (Å²) in [5, 5.41) is 10.8. The lowest BCUT2D eigenvalue weighted by Crippen LogP contribution is -2.48. The third kappa shape index (κ3) is 12.6. The van der Waals surface area contributed by atoms with Crippen molar-refractivity contribution in [3.05, 3.63) is 179 Å². The highest BCUT2D eigenvalue weighted by Gasteiger charge is 2.47. The minimum Gasteiger partial charge on any atom is -0.394 e. The fourth-order valence-corrected chi connectivity index (χ4v) is 6.50. The summed E-state index contributed by atoms with van der Waals surface area (Å²) in [5.41, 5.74) is 5.03. The molecule has 55 heavy (non-hydrogen) atoms. The molecule has 1 aliphatic heterocycles. The van der Waals surface area contributed by atoms with Crippen LogP contribution in [0.15, 0.2) is 152 Å². The van der Waals surface area contributed by atoms with Gasteiger partial charge in [-0.15, -0.1) is 0 Å². The Hall–Kier alpha value is -4.26. The molecule has 1 N–H and O–H groups in total. The molecule has 9 heteroatoms. The van der Waals surface area contributed by atoms with Crippen LogP contribution in [0.2, 0.25) is 0 Å². The van der Waals surface area contributed by atoms with E-state index in [0.29, 0.717) is 13.2 Å². The van der Waals surface area contributed by atoms with Crippen molar-refractivity contribution in [3.63, 3.8) is 0 Å². The molecule has 1 heterocycles. The Labute approximate surface area is 324 Å². The number of rotatable bonds is 23. The Bertz CT molecular complexity index is 1730. The fraction of sp³-hybridized carbons (Fsp3) is 0.348. The average Bonchev–Trinajstić information content (AvgIpc) is 3.59. The first-order valence-corrected chi connectivity index (χ1v) is 18.8. The number of aliphatic hydroxyl groups is 1. The van der Waals surface area contributed by atoms with Crippen molar-refractivity contribution in [2.24, 2.45) is 0 Å². The van der Waals surface area contributed by atoms with E-state index >= 15 is 0 Å². The van der Waals surface area contributed by atoms with Gasteiger partial charge in [-0.3, -0.25) is 0 Å². The van der Waals surface area contributed by atoms with Crippen molar-refractivity contribution in [1.82, 2.24) is 0 Å². The topological polar surface area (TPSA) is 94.1 Å². The van der Waals surface area contributed by atoms with E-state index < -0.39 is 42.9 Å². The molecule has 290 valence electrons. The van der Waals surface area contributed by atoms with E-state index in [1.54, 1.807) is 7.11 Å². The summed E-state index contributed by atoms with van der Waals surface area (Å²) in [4.78, 5) is 0. The second-order valence-electron chi connectivity index (χ2n) is 13.5. The van der Waals surface area contributed by atoms with E-state index in [1.165, 1.54) is 0 Å². The average molecular weight is 749 g/mol. The minimum absolute atomic E-state index is 0.0466. The molecule has 9 nitrogen and oxygen atoms in total. The molecule has 7 unspecified atom stereocenters. The van der Waals surface area contributed by atoms with Crippen LogP contribution in [0.1, 0.15) is 27.8 Å². The maximum Gasteiger partial charge on any atom is 0.187 e. The van der Waals surface area contributed by atoms with Crippen LogP contribution in [0.4, 0.5) is 0 Å². The molecule has 1 aliphatic rings. The molecule has 6 rings (SSSR count). The Kier molecular flexibility index (Phi) is 16.4. The molecule has 7 atom stereocenters. The normalized spacial score (nSPS) is 19.9. The van der Waals surface area contributed by atoms with Gasteiger partial charge in [0.2, 0.25) is 0 Å². The summed E-state index contributed by atoms with van der Waals surface area (Å²) in [6, 6.07) is 49.7. The zero-order chi connectivity index (χ0) is 37.9. The van der Waals surface area contributed by atoms with E-state index in [-0.39, 0.29) is 39.6 Å². The van der Waals surface area contributed by atoms with Gasteiger partial charge in [-0.05, 0) is 27.8 Å². The quantitative estimate of drug-likeness (QED) is 0.0740. The number of aliphatic hydroxyl groups excluding tert-OH is 1. The molecular formula is C46H52O9. The number of ether oxygens (including phenoxy) is 8. The van der Waals surface area contributed by atoms with Gasteiger partial charge in [0, 0.05) is 7.11 Å². The molecule has 0 amide bonds. The molecule has 5 aromatic rings. The molecule has 1 saturated heterocycles. The Balaban J connectivity index is 1.21. The SMILES string of the molecule is COC1C(OCC(OCc2ccccc2)C(OCc2ccccc2)C(CO)OCc2ccccc2)OC(COCc2ccccc2)C1OCc1ccccc1. The number of methoxy groups -OCH3 is 1. The first kappa shape index (κ1) is 40.4. The standard InChI is InChI=1S/C46H52O9/c1-48-45-44(53-32-39-25-15-6-16-26-39)42(33-49-28-35-17-7-2-8-18-35)55-46(45)54-34-41(51-30-37-21-11-4-12-22-37)43(52-31-38-23-13-5-14-24-38)40(27-47)50-29-36-19-9-3-10-20-36/h2-26,40-47H,27-34H2,1H3. The predicted molar refractivity (Wildman–Crippen MR) is 209 cm³/mol. The fourth-order valence-electron chi connectivity index (χ4n) is 6.50. The predicted octanol–water partition coefficient (Wildman–Crippen LogP) is 7.29. The summed E-state index contributed by atoms with van der Waals surface area (Å²) < 4.78 is 51.4. The zero-order valence-electron chi connectivity index (χ0n) is 31.3. The summed E-state index contributed by atoms with van der Waals surface area (Å²) in [6.45, 7) is 1.66. The van der Waals surface area contributed by atoms with Crippen LogP contribution in [-0.4, -0.2) is 75.0 Å². The minimum atomic E-state index is -0.813. The molecule has 0 aliphatic carbocycles. The summed E-state index contributed by atoms with van der Waals surface area (Å²) >= 11 is 0. The molecule has 5 aromatic carbocycles. The molecule has 0 bridgehead atoms. The number of benzene rings is 5. The third-order valence-corrected chi connectivity index (χ3v) is 9.46. The highest BCUT2D eigenvalue weighted by atomic mass is 16.7. The highest BCUT2D eigenvalue weighted by Crippen LogP contribution is 2.30. The van der Waals surface area contributed by atoms with Crippen LogP contribution < -0.4 is 0 Å². The van der Waals surface area contributed by atoms with Crippen molar-refractivity contribution in [2.75, 3.05) is 26.9 Å². The molecule has 1 fully saturated rings. The van der Waals surface area contributed by atoms with Crippen LogP contribution in [0.3, 0.4) is 0 Å². The second kappa shape index (κ2) is 22.3. The zero-order valence-corrected chi connectivity index (χ0v) is 31.3. The van der Waals surface area contributed by atoms with Crippen molar-refractivity contribution >= 4 is 0 Å². The monoisotopic (exact) mass is 748 g/mol. The summed E-state index contributed by atoms with van der Waals surface area (Å²) in [5.74, 6) is 0. The molecule has 0 aromatic heterocycles. The molecule has 0 radical (unpaired) electrons. The maximum atomic E-state index is 10.8. The lowest BCUT2D eigenvalue weighted by atomic mass is 10.1. The summed E-state index contributed by atoms with van der Waals surface area (Å²) in [7, 11) is 1.63. The van der Waals surface area contributed by atoms with Gasteiger partial charge in [0.05, 0.1) is 52.9 Å². The first-order valence-electron chi connectivity index (χ1n) is 18.8. The van der Waals surface area contributed by atoms with Gasteiger partial charge < -0.3 is 43.0 Å². The molecular weight excluding hydrogens is 696 g/mol. The Morgan fingerprint density at radius 1 is 0.509 bits per heavy atom. The first-order chi connectivity index (χ1) is 27.2.